The fraction of sp³-hybridized carbons (Fsp3) is 0.571. The quantitative estimate of drug-likeness (QED) is 0.637. The molecule has 186 valence electrons. The number of aliphatic hydroxyl groups excluding tert-OH is 1. The van der Waals surface area contributed by atoms with E-state index in [1.54, 1.807) is 19.2 Å². The van der Waals surface area contributed by atoms with Crippen LogP contribution in [0.1, 0.15) is 40.5 Å². The molecule has 2 aromatic rings. The average Bonchev–Trinajstić information content (AvgIpc) is 3.11. The van der Waals surface area contributed by atoms with E-state index in [-0.39, 0.29) is 47.9 Å². The Balaban J connectivity index is 1.46. The van der Waals surface area contributed by atoms with Crippen LogP contribution < -0.4 is 9.47 Å². The van der Waals surface area contributed by atoms with Gasteiger partial charge in [0, 0.05) is 18.4 Å². The fourth-order valence-corrected chi connectivity index (χ4v) is 7.80. The monoisotopic (exact) mass is 479 g/mol. The topological polar surface area (TPSA) is 102 Å². The molecule has 1 heterocycles. The van der Waals surface area contributed by atoms with Gasteiger partial charge in [-0.1, -0.05) is 32.9 Å². The molecule has 6 unspecified atom stereocenters. The minimum absolute atomic E-state index is 0.0502. The molecule has 1 aromatic heterocycles. The molecule has 2 saturated carbocycles. The molecule has 2 N–H and O–H groups in total. The second-order valence-corrected chi connectivity index (χ2v) is 11.7. The lowest BCUT2D eigenvalue weighted by Gasteiger charge is -2.47. The predicted molar refractivity (Wildman–Crippen MR) is 129 cm³/mol. The zero-order chi connectivity index (χ0) is 24.9. The van der Waals surface area contributed by atoms with Gasteiger partial charge >= 0.3 is 0 Å². The van der Waals surface area contributed by atoms with Crippen molar-refractivity contribution >= 4 is 16.8 Å². The number of benzene rings is 1. The Hall–Kier alpha value is -2.64. The average molecular weight is 480 g/mol. The second kappa shape index (κ2) is 7.20. The Morgan fingerprint density at radius 2 is 2.06 bits per heavy atom. The molecule has 7 heteroatoms. The number of allylic oxidation sites excluding steroid dienone is 1. The first-order valence-corrected chi connectivity index (χ1v) is 12.4. The van der Waals surface area contributed by atoms with Crippen molar-refractivity contribution < 1.29 is 29.0 Å². The Bertz CT molecular complexity index is 1290. The number of carbonyl (C=O) groups is 1. The predicted octanol–water partition coefficient (Wildman–Crippen LogP) is 4.08. The molecule has 4 aliphatic carbocycles. The highest BCUT2D eigenvalue weighted by atomic mass is 16.6. The standard InChI is InChI=1S/C28H33NO6/c1-14-11-27-15(2)8-20-22(26(20,3)4)19(23(27)31)9-16(13-30)12-28(27,32)24(14)34-25-18-7-6-17(33-5)10-21(18)35-29-25/h6-7,9-11,15,19-20,22,24,30,32H,8,12-13H2,1-5H3/t15-,19?,20?,22?,24?,27?,28?/m1/s1. The Labute approximate surface area is 204 Å². The van der Waals surface area contributed by atoms with Gasteiger partial charge in [0.2, 0.25) is 0 Å². The molecule has 35 heavy (non-hydrogen) atoms. The molecule has 0 saturated heterocycles. The summed E-state index contributed by atoms with van der Waals surface area (Å²) in [5.41, 5.74) is -0.565. The third-order valence-corrected chi connectivity index (χ3v) is 9.63. The maximum absolute atomic E-state index is 14.4. The molecule has 0 amide bonds. The van der Waals surface area contributed by atoms with E-state index in [2.05, 4.69) is 25.9 Å². The number of rotatable bonds is 4. The molecular weight excluding hydrogens is 446 g/mol. The lowest BCUT2D eigenvalue weighted by Crippen LogP contribution is -2.60. The van der Waals surface area contributed by atoms with E-state index in [4.69, 9.17) is 14.0 Å². The van der Waals surface area contributed by atoms with Gasteiger partial charge in [-0.3, -0.25) is 4.79 Å². The van der Waals surface area contributed by atoms with Gasteiger partial charge in [0.15, 0.2) is 17.5 Å². The van der Waals surface area contributed by atoms with Crippen molar-refractivity contribution in [2.24, 2.45) is 34.5 Å². The van der Waals surface area contributed by atoms with E-state index in [1.165, 1.54) is 0 Å². The van der Waals surface area contributed by atoms with Crippen molar-refractivity contribution in [3.8, 4) is 11.6 Å². The highest BCUT2D eigenvalue weighted by Crippen LogP contribution is 2.71. The summed E-state index contributed by atoms with van der Waals surface area (Å²) in [4.78, 5) is 14.4. The van der Waals surface area contributed by atoms with E-state index in [9.17, 15) is 15.0 Å². The van der Waals surface area contributed by atoms with Crippen molar-refractivity contribution in [3.05, 3.63) is 41.5 Å². The van der Waals surface area contributed by atoms with Gasteiger partial charge in [0.1, 0.15) is 11.4 Å². The van der Waals surface area contributed by atoms with Gasteiger partial charge in [-0.2, -0.15) is 0 Å². The third-order valence-electron chi connectivity index (χ3n) is 9.63. The van der Waals surface area contributed by atoms with Crippen LogP contribution >= 0.6 is 0 Å². The summed E-state index contributed by atoms with van der Waals surface area (Å²) < 4.78 is 17.2. The van der Waals surface area contributed by atoms with Crippen molar-refractivity contribution in [2.45, 2.75) is 52.2 Å². The fourth-order valence-electron chi connectivity index (χ4n) is 7.80. The lowest BCUT2D eigenvalue weighted by atomic mass is 9.59. The number of ketones is 1. The highest BCUT2D eigenvalue weighted by molar-refractivity contribution is 5.95. The Morgan fingerprint density at radius 1 is 1.29 bits per heavy atom. The summed E-state index contributed by atoms with van der Waals surface area (Å²) in [6.07, 6.45) is 4.14. The summed E-state index contributed by atoms with van der Waals surface area (Å²) in [7, 11) is 1.58. The van der Waals surface area contributed by atoms with Crippen molar-refractivity contribution in [3.63, 3.8) is 0 Å². The van der Waals surface area contributed by atoms with Gasteiger partial charge < -0.3 is 24.2 Å². The van der Waals surface area contributed by atoms with Crippen molar-refractivity contribution in [2.75, 3.05) is 13.7 Å². The number of hydrogen-bond acceptors (Lipinski definition) is 7. The van der Waals surface area contributed by atoms with Gasteiger partial charge in [-0.25, -0.2) is 0 Å². The van der Waals surface area contributed by atoms with Crippen LogP contribution in [0.3, 0.4) is 0 Å². The number of nitrogens with zero attached hydrogens (tertiary/aromatic N) is 1. The smallest absolute Gasteiger partial charge is 0.262 e. The molecule has 4 aliphatic rings. The lowest BCUT2D eigenvalue weighted by molar-refractivity contribution is -0.160. The highest BCUT2D eigenvalue weighted by Gasteiger charge is 2.74. The first kappa shape index (κ1) is 22.8. The molecule has 0 radical (unpaired) electrons. The van der Waals surface area contributed by atoms with Crippen LogP contribution in [-0.2, 0) is 4.79 Å². The van der Waals surface area contributed by atoms with Crippen LogP contribution in [0.15, 0.2) is 46.0 Å². The molecule has 1 spiro atoms. The number of aromatic nitrogens is 1. The molecule has 2 bridgehead atoms. The number of ether oxygens (including phenoxy) is 2. The summed E-state index contributed by atoms with van der Waals surface area (Å²) in [6, 6.07) is 5.34. The molecule has 0 aliphatic heterocycles. The normalized spacial score (nSPS) is 39.2. The SMILES string of the molecule is COc1ccc2c(OC3C(C)=CC45C(=O)C(C=C(CO)CC34O)C3C(C[C@H]5C)C3(C)C)noc2c1. The van der Waals surface area contributed by atoms with Crippen LogP contribution in [0, 0.1) is 34.5 Å². The second-order valence-electron chi connectivity index (χ2n) is 11.7. The van der Waals surface area contributed by atoms with Crippen LogP contribution in [0.4, 0.5) is 0 Å². The molecule has 7 atom stereocenters. The molecular formula is C28H33NO6. The van der Waals surface area contributed by atoms with Crippen LogP contribution in [0.5, 0.6) is 11.6 Å². The van der Waals surface area contributed by atoms with Crippen LogP contribution in [0.25, 0.3) is 11.0 Å². The number of carbonyl (C=O) groups excluding carboxylic acids is 1. The van der Waals surface area contributed by atoms with Crippen molar-refractivity contribution in [1.82, 2.24) is 5.16 Å². The first-order valence-electron chi connectivity index (χ1n) is 12.4. The number of Topliss-reactive ketones (excluding diaryl/α,β-unsaturated/α-hetero) is 1. The van der Waals surface area contributed by atoms with Crippen molar-refractivity contribution in [1.29, 1.82) is 0 Å². The summed E-state index contributed by atoms with van der Waals surface area (Å²) in [5.74, 6) is 1.19. The number of aliphatic hydroxyl groups is 2. The van der Waals surface area contributed by atoms with Gasteiger partial charge in [0.05, 0.1) is 24.5 Å². The third kappa shape index (κ3) is 2.79. The van der Waals surface area contributed by atoms with E-state index in [0.29, 0.717) is 28.2 Å². The largest absolute Gasteiger partial charge is 0.497 e. The minimum atomic E-state index is -1.55. The van der Waals surface area contributed by atoms with Gasteiger partial charge in [-0.15, -0.1) is 0 Å². The zero-order valence-corrected chi connectivity index (χ0v) is 20.9. The minimum Gasteiger partial charge on any atom is -0.497 e. The maximum Gasteiger partial charge on any atom is 0.262 e. The first-order chi connectivity index (χ1) is 16.6. The zero-order valence-electron chi connectivity index (χ0n) is 20.9. The Kier molecular flexibility index (Phi) is 4.69. The Morgan fingerprint density at radius 3 is 2.77 bits per heavy atom. The van der Waals surface area contributed by atoms with Gasteiger partial charge in [0.25, 0.3) is 5.88 Å². The summed E-state index contributed by atoms with van der Waals surface area (Å²) in [5, 5.41) is 27.6. The van der Waals surface area contributed by atoms with Crippen LogP contribution in [0.2, 0.25) is 0 Å². The number of methoxy groups -OCH3 is 1. The maximum atomic E-state index is 14.4. The number of fused-ring (bicyclic) bond motifs is 4. The van der Waals surface area contributed by atoms with Crippen LogP contribution in [-0.4, -0.2) is 46.6 Å². The van der Waals surface area contributed by atoms with Gasteiger partial charge in [-0.05, 0) is 64.9 Å². The van der Waals surface area contributed by atoms with E-state index in [0.717, 1.165) is 12.0 Å². The number of hydrogen-bond donors (Lipinski definition) is 2. The molecule has 7 nitrogen and oxygen atoms in total. The molecule has 2 fully saturated rings. The van der Waals surface area contributed by atoms with E-state index >= 15 is 0 Å². The summed E-state index contributed by atoms with van der Waals surface area (Å²) >= 11 is 0. The molecule has 1 aromatic carbocycles. The molecule has 6 rings (SSSR count). The van der Waals surface area contributed by atoms with E-state index < -0.39 is 17.1 Å². The van der Waals surface area contributed by atoms with E-state index in [1.807, 2.05) is 25.1 Å². The summed E-state index contributed by atoms with van der Waals surface area (Å²) in [6.45, 7) is 8.26.